The molecule has 1 atom stereocenters. The first-order valence-corrected chi connectivity index (χ1v) is 12.2. The van der Waals surface area contributed by atoms with E-state index in [4.69, 9.17) is 5.14 Å². The molecule has 0 aliphatic heterocycles. The highest BCUT2D eigenvalue weighted by atomic mass is 32.2. The molecule has 0 aliphatic rings. The number of nitrogens with zero attached hydrogens (tertiary/aromatic N) is 2. The molecule has 0 fully saturated rings. The zero-order chi connectivity index (χ0) is 22.1. The number of carbonyl (C=O) groups is 1. The minimum atomic E-state index is -3.80. The molecule has 0 bridgehead atoms. The van der Waals surface area contributed by atoms with Gasteiger partial charge >= 0.3 is 0 Å². The summed E-state index contributed by atoms with van der Waals surface area (Å²) in [5.41, 5.74) is 4.81. The number of amides is 1. The first-order valence-electron chi connectivity index (χ1n) is 9.62. The highest BCUT2D eigenvalue weighted by Crippen LogP contribution is 2.26. The number of nitrogens with one attached hydrogen (secondary N) is 1. The Balaban J connectivity index is 1.72. The molecule has 0 spiro atoms. The fourth-order valence-electron chi connectivity index (χ4n) is 3.21. The molecule has 3 N–H and O–H groups in total. The lowest BCUT2D eigenvalue weighted by Crippen LogP contribution is -2.28. The molecule has 0 saturated heterocycles. The third-order valence-corrected chi connectivity index (χ3v) is 6.96. The molecule has 1 aromatic heterocycles. The van der Waals surface area contributed by atoms with Crippen molar-refractivity contribution in [3.63, 3.8) is 0 Å². The average Bonchev–Trinajstić information content (AvgIpc) is 3.04. The Bertz CT molecular complexity index is 1200. The van der Waals surface area contributed by atoms with Crippen LogP contribution in [-0.4, -0.2) is 29.6 Å². The standard InChI is InChI=1S/C21H26N4O3S2/c1-5-25-19-9-8-17(30(22,27)28)11-18(19)24-21(25)29-12-20(26)23-15(4)16-7-6-13(2)14(3)10-16/h6-11,15H,5,12H2,1-4H3,(H,23,26)(H2,22,27,28). The van der Waals surface area contributed by atoms with Crippen molar-refractivity contribution in [2.24, 2.45) is 5.14 Å². The number of benzene rings is 2. The fourth-order valence-corrected chi connectivity index (χ4v) is 4.63. The van der Waals surface area contributed by atoms with Gasteiger partial charge in [-0.3, -0.25) is 4.79 Å². The molecule has 3 rings (SSSR count). The normalized spacial score (nSPS) is 12.8. The Hall–Kier alpha value is -2.36. The molecule has 3 aromatic rings. The van der Waals surface area contributed by atoms with E-state index in [1.807, 2.05) is 24.5 Å². The van der Waals surface area contributed by atoms with E-state index < -0.39 is 10.0 Å². The van der Waals surface area contributed by atoms with Crippen molar-refractivity contribution in [2.75, 3.05) is 5.75 Å². The van der Waals surface area contributed by atoms with E-state index in [0.717, 1.165) is 11.1 Å². The van der Waals surface area contributed by atoms with Gasteiger partial charge in [0.1, 0.15) is 0 Å². The molecule has 160 valence electrons. The Kier molecular flexibility index (Phi) is 6.54. The van der Waals surface area contributed by atoms with Gasteiger partial charge in [0, 0.05) is 6.54 Å². The molecular weight excluding hydrogens is 420 g/mol. The van der Waals surface area contributed by atoms with Gasteiger partial charge in [0.15, 0.2) is 5.16 Å². The minimum Gasteiger partial charge on any atom is -0.349 e. The van der Waals surface area contributed by atoms with Gasteiger partial charge in [-0.2, -0.15) is 0 Å². The molecule has 0 saturated carbocycles. The summed E-state index contributed by atoms with van der Waals surface area (Å²) in [5, 5.41) is 8.90. The summed E-state index contributed by atoms with van der Waals surface area (Å²) >= 11 is 1.32. The molecule has 0 radical (unpaired) electrons. The molecule has 7 nitrogen and oxygen atoms in total. The van der Waals surface area contributed by atoms with Crippen molar-refractivity contribution >= 4 is 38.7 Å². The van der Waals surface area contributed by atoms with E-state index in [1.165, 1.54) is 35.0 Å². The van der Waals surface area contributed by atoms with Gasteiger partial charge in [-0.25, -0.2) is 18.5 Å². The summed E-state index contributed by atoms with van der Waals surface area (Å²) in [4.78, 5) is 17.0. The van der Waals surface area contributed by atoms with Crippen LogP contribution in [-0.2, 0) is 21.4 Å². The van der Waals surface area contributed by atoms with Crippen molar-refractivity contribution in [3.8, 4) is 0 Å². The van der Waals surface area contributed by atoms with E-state index >= 15 is 0 Å². The van der Waals surface area contributed by atoms with Gasteiger partial charge < -0.3 is 9.88 Å². The summed E-state index contributed by atoms with van der Waals surface area (Å²) in [6.45, 7) is 8.70. The van der Waals surface area contributed by atoms with Crippen molar-refractivity contribution < 1.29 is 13.2 Å². The summed E-state index contributed by atoms with van der Waals surface area (Å²) in [7, 11) is -3.80. The molecule has 9 heteroatoms. The van der Waals surface area contributed by atoms with Crippen molar-refractivity contribution in [1.29, 1.82) is 0 Å². The maximum Gasteiger partial charge on any atom is 0.238 e. The number of hydrogen-bond donors (Lipinski definition) is 2. The van der Waals surface area contributed by atoms with Crippen molar-refractivity contribution in [1.82, 2.24) is 14.9 Å². The second-order valence-corrected chi connectivity index (χ2v) is 9.76. The Morgan fingerprint density at radius 3 is 2.57 bits per heavy atom. The van der Waals surface area contributed by atoms with E-state index in [9.17, 15) is 13.2 Å². The molecule has 30 heavy (non-hydrogen) atoms. The number of rotatable bonds is 7. The van der Waals surface area contributed by atoms with Crippen LogP contribution in [0.5, 0.6) is 0 Å². The highest BCUT2D eigenvalue weighted by Gasteiger charge is 2.16. The van der Waals surface area contributed by atoms with Crippen LogP contribution in [0.15, 0.2) is 46.5 Å². The number of imidazole rings is 1. The van der Waals surface area contributed by atoms with Crippen LogP contribution >= 0.6 is 11.8 Å². The summed E-state index contributed by atoms with van der Waals surface area (Å²) in [6.07, 6.45) is 0. The zero-order valence-electron chi connectivity index (χ0n) is 17.5. The smallest absolute Gasteiger partial charge is 0.238 e. The predicted octanol–water partition coefficient (Wildman–Crippen LogP) is 3.29. The second-order valence-electron chi connectivity index (χ2n) is 7.26. The van der Waals surface area contributed by atoms with Gasteiger partial charge in [0.2, 0.25) is 15.9 Å². The highest BCUT2D eigenvalue weighted by molar-refractivity contribution is 7.99. The third kappa shape index (κ3) is 4.85. The molecule has 0 aliphatic carbocycles. The molecule has 1 unspecified atom stereocenters. The minimum absolute atomic E-state index is 0.0206. The van der Waals surface area contributed by atoms with Gasteiger partial charge in [-0.1, -0.05) is 30.0 Å². The number of aryl methyl sites for hydroxylation is 3. The van der Waals surface area contributed by atoms with Crippen LogP contribution in [0.1, 0.15) is 36.6 Å². The molecule has 2 aromatic carbocycles. The maximum atomic E-state index is 12.5. The largest absolute Gasteiger partial charge is 0.349 e. The number of nitrogens with two attached hydrogens (primary N) is 1. The predicted molar refractivity (Wildman–Crippen MR) is 120 cm³/mol. The second kappa shape index (κ2) is 8.79. The van der Waals surface area contributed by atoms with Crippen LogP contribution in [0, 0.1) is 13.8 Å². The lowest BCUT2D eigenvalue weighted by Gasteiger charge is -2.15. The van der Waals surface area contributed by atoms with E-state index in [0.29, 0.717) is 17.2 Å². The number of primary sulfonamides is 1. The monoisotopic (exact) mass is 446 g/mol. The third-order valence-electron chi connectivity index (χ3n) is 5.07. The van der Waals surface area contributed by atoms with Crippen molar-refractivity contribution in [2.45, 2.75) is 50.3 Å². The molecule has 1 heterocycles. The van der Waals surface area contributed by atoms with Crippen LogP contribution in [0.3, 0.4) is 0 Å². The van der Waals surface area contributed by atoms with Gasteiger partial charge in [0.25, 0.3) is 0 Å². The Morgan fingerprint density at radius 2 is 1.93 bits per heavy atom. The summed E-state index contributed by atoms with van der Waals surface area (Å²) in [6, 6.07) is 10.7. The number of hydrogen-bond acceptors (Lipinski definition) is 5. The van der Waals surface area contributed by atoms with Crippen LogP contribution in [0.25, 0.3) is 11.0 Å². The lowest BCUT2D eigenvalue weighted by molar-refractivity contribution is -0.119. The fraction of sp³-hybridized carbons (Fsp3) is 0.333. The first kappa shape index (κ1) is 22.3. The number of sulfonamides is 1. The molecule has 1 amide bonds. The van der Waals surface area contributed by atoms with Gasteiger partial charge in [0.05, 0.1) is 27.7 Å². The van der Waals surface area contributed by atoms with Crippen LogP contribution < -0.4 is 10.5 Å². The van der Waals surface area contributed by atoms with Crippen molar-refractivity contribution in [3.05, 3.63) is 53.1 Å². The maximum absolute atomic E-state index is 12.5. The Labute approximate surface area is 181 Å². The van der Waals surface area contributed by atoms with E-state index in [1.54, 1.807) is 6.07 Å². The van der Waals surface area contributed by atoms with Crippen LogP contribution in [0.4, 0.5) is 0 Å². The first-order chi connectivity index (χ1) is 14.1. The number of thioether (sulfide) groups is 1. The summed E-state index contributed by atoms with van der Waals surface area (Å²) in [5.74, 6) is 0.117. The topological polar surface area (TPSA) is 107 Å². The quantitative estimate of drug-likeness (QED) is 0.542. The van der Waals surface area contributed by atoms with Crippen LogP contribution in [0.2, 0.25) is 0 Å². The van der Waals surface area contributed by atoms with Gasteiger partial charge in [-0.05, 0) is 62.6 Å². The number of carbonyl (C=O) groups excluding carboxylic acids is 1. The zero-order valence-corrected chi connectivity index (χ0v) is 19.1. The Morgan fingerprint density at radius 1 is 1.20 bits per heavy atom. The number of fused-ring (bicyclic) bond motifs is 1. The number of aromatic nitrogens is 2. The van der Waals surface area contributed by atoms with E-state index in [-0.39, 0.29) is 22.6 Å². The average molecular weight is 447 g/mol. The molecular formula is C21H26N4O3S2. The SMILES string of the molecule is CCn1c(SCC(=O)NC(C)c2ccc(C)c(C)c2)nc2cc(S(N)(=O)=O)ccc21. The lowest BCUT2D eigenvalue weighted by atomic mass is 10.0. The van der Waals surface area contributed by atoms with E-state index in [2.05, 4.69) is 36.3 Å². The summed E-state index contributed by atoms with van der Waals surface area (Å²) < 4.78 is 25.1. The van der Waals surface area contributed by atoms with Gasteiger partial charge in [-0.15, -0.1) is 0 Å².